The van der Waals surface area contributed by atoms with Crippen LogP contribution in [0.4, 0.5) is 5.69 Å². The summed E-state index contributed by atoms with van der Waals surface area (Å²) in [5.41, 5.74) is 2.17. The number of pyridine rings is 1. The van der Waals surface area contributed by atoms with Crippen LogP contribution in [-0.4, -0.2) is 18.1 Å². The Labute approximate surface area is 101 Å². The van der Waals surface area contributed by atoms with Crippen molar-refractivity contribution in [1.29, 1.82) is 0 Å². The lowest BCUT2D eigenvalue weighted by molar-refractivity contribution is 0.402. The third-order valence-corrected chi connectivity index (χ3v) is 3.10. The first-order chi connectivity index (χ1) is 8.28. The van der Waals surface area contributed by atoms with Crippen LogP contribution in [0.2, 0.25) is 0 Å². The molecule has 1 aliphatic carbocycles. The average molecular weight is 228 g/mol. The van der Waals surface area contributed by atoms with Crippen LogP contribution in [0, 0.1) is 6.92 Å². The summed E-state index contributed by atoms with van der Waals surface area (Å²) in [4.78, 5) is 4.41. The lowest BCUT2D eigenvalue weighted by Crippen LogP contribution is -2.02. The van der Waals surface area contributed by atoms with E-state index in [9.17, 15) is 0 Å². The van der Waals surface area contributed by atoms with Gasteiger partial charge in [0.2, 0.25) is 5.88 Å². The fourth-order valence-electron chi connectivity index (χ4n) is 2.10. The number of aromatic nitrogens is 1. The van der Waals surface area contributed by atoms with Gasteiger partial charge >= 0.3 is 0 Å². The number of hydrogen-bond acceptors (Lipinski definition) is 3. The Kier molecular flexibility index (Phi) is 2.39. The van der Waals surface area contributed by atoms with Crippen molar-refractivity contribution in [2.45, 2.75) is 25.8 Å². The van der Waals surface area contributed by atoms with Crippen molar-refractivity contribution in [3.8, 4) is 5.88 Å². The smallest absolute Gasteiger partial charge is 0.221 e. The predicted molar refractivity (Wildman–Crippen MR) is 69.7 cm³/mol. The lowest BCUT2D eigenvalue weighted by atomic mass is 10.1. The number of hydrogen-bond donors (Lipinski definition) is 1. The fourth-order valence-corrected chi connectivity index (χ4v) is 2.10. The van der Waals surface area contributed by atoms with Crippen molar-refractivity contribution in [2.24, 2.45) is 0 Å². The van der Waals surface area contributed by atoms with Crippen molar-refractivity contribution in [1.82, 2.24) is 4.98 Å². The van der Waals surface area contributed by atoms with Crippen molar-refractivity contribution in [2.75, 3.05) is 12.4 Å². The van der Waals surface area contributed by atoms with E-state index in [1.54, 1.807) is 7.11 Å². The average Bonchev–Trinajstić information content (AvgIpc) is 3.13. The minimum absolute atomic E-state index is 0.653. The third-order valence-electron chi connectivity index (χ3n) is 3.10. The van der Waals surface area contributed by atoms with Crippen molar-refractivity contribution in [3.05, 3.63) is 30.0 Å². The molecule has 0 saturated heterocycles. The molecule has 3 heteroatoms. The zero-order valence-electron chi connectivity index (χ0n) is 10.2. The molecule has 0 spiro atoms. The van der Waals surface area contributed by atoms with Gasteiger partial charge in [-0.2, -0.15) is 0 Å². The van der Waals surface area contributed by atoms with Gasteiger partial charge in [0.05, 0.1) is 7.11 Å². The number of anilines is 1. The maximum atomic E-state index is 5.35. The zero-order valence-corrected chi connectivity index (χ0v) is 10.2. The second-order valence-corrected chi connectivity index (χ2v) is 4.59. The molecule has 0 amide bonds. The van der Waals surface area contributed by atoms with E-state index in [0.717, 1.165) is 11.1 Å². The highest BCUT2D eigenvalue weighted by Gasteiger charge is 2.21. The molecule has 0 atom stereocenters. The minimum Gasteiger partial charge on any atom is -0.481 e. The van der Waals surface area contributed by atoms with E-state index >= 15 is 0 Å². The van der Waals surface area contributed by atoms with Gasteiger partial charge in [0, 0.05) is 28.2 Å². The highest BCUT2D eigenvalue weighted by Crippen LogP contribution is 2.33. The third kappa shape index (κ3) is 1.93. The van der Waals surface area contributed by atoms with Crippen LogP contribution in [0.1, 0.15) is 18.5 Å². The molecule has 0 unspecified atom stereocenters. The van der Waals surface area contributed by atoms with Gasteiger partial charge < -0.3 is 10.1 Å². The molecule has 1 aromatic heterocycles. The van der Waals surface area contributed by atoms with Crippen molar-refractivity contribution in [3.63, 3.8) is 0 Å². The molecule has 0 bridgehead atoms. The summed E-state index contributed by atoms with van der Waals surface area (Å²) in [5, 5.41) is 5.82. The van der Waals surface area contributed by atoms with Crippen LogP contribution in [0.3, 0.4) is 0 Å². The molecule has 1 saturated carbocycles. The fraction of sp³-hybridized carbons (Fsp3) is 0.357. The van der Waals surface area contributed by atoms with E-state index in [-0.39, 0.29) is 0 Å². The van der Waals surface area contributed by atoms with Crippen LogP contribution < -0.4 is 10.1 Å². The largest absolute Gasteiger partial charge is 0.481 e. The summed E-state index contributed by atoms with van der Waals surface area (Å²) in [6.45, 7) is 2.00. The monoisotopic (exact) mass is 228 g/mol. The standard InChI is InChI=1S/C14H16N2O/c1-9-8-12-11(14(15-9)17-2)4-3-5-13(12)16-10-6-7-10/h3-5,8,10,16H,6-7H2,1-2H3. The molecule has 2 aromatic rings. The van der Waals surface area contributed by atoms with E-state index < -0.39 is 0 Å². The summed E-state index contributed by atoms with van der Waals surface area (Å²) in [7, 11) is 1.67. The molecule has 3 rings (SSSR count). The molecule has 1 heterocycles. The van der Waals surface area contributed by atoms with E-state index in [2.05, 4.69) is 28.5 Å². The van der Waals surface area contributed by atoms with Gasteiger partial charge in [-0.05, 0) is 38.0 Å². The molecular formula is C14H16N2O. The Balaban J connectivity index is 2.18. The molecule has 1 aliphatic rings. The van der Waals surface area contributed by atoms with Gasteiger partial charge in [-0.25, -0.2) is 4.98 Å². The number of nitrogens with zero attached hydrogens (tertiary/aromatic N) is 1. The number of methoxy groups -OCH3 is 1. The molecule has 1 aromatic carbocycles. The molecule has 88 valence electrons. The SMILES string of the molecule is COc1nc(C)cc2c(NC3CC3)cccc12. The second-order valence-electron chi connectivity index (χ2n) is 4.59. The molecular weight excluding hydrogens is 212 g/mol. The normalized spacial score (nSPS) is 14.9. The van der Waals surface area contributed by atoms with Crippen molar-refractivity contribution < 1.29 is 4.74 Å². The molecule has 17 heavy (non-hydrogen) atoms. The lowest BCUT2D eigenvalue weighted by Gasteiger charge is -2.11. The minimum atomic E-state index is 0.653. The molecule has 0 aliphatic heterocycles. The van der Waals surface area contributed by atoms with Crippen molar-refractivity contribution >= 4 is 16.5 Å². The maximum Gasteiger partial charge on any atom is 0.221 e. The first-order valence-corrected chi connectivity index (χ1v) is 5.99. The number of fused-ring (bicyclic) bond motifs is 1. The number of rotatable bonds is 3. The first kappa shape index (κ1) is 10.4. The topological polar surface area (TPSA) is 34.1 Å². The molecule has 0 radical (unpaired) electrons. The van der Waals surface area contributed by atoms with Gasteiger partial charge in [0.15, 0.2) is 0 Å². The van der Waals surface area contributed by atoms with E-state index in [4.69, 9.17) is 4.74 Å². The molecule has 1 N–H and O–H groups in total. The Morgan fingerprint density at radius 3 is 2.82 bits per heavy atom. The van der Waals surface area contributed by atoms with Gasteiger partial charge in [-0.3, -0.25) is 0 Å². The van der Waals surface area contributed by atoms with Crippen LogP contribution in [0.5, 0.6) is 5.88 Å². The number of ether oxygens (including phenoxy) is 1. The highest BCUT2D eigenvalue weighted by molar-refractivity contribution is 5.97. The first-order valence-electron chi connectivity index (χ1n) is 5.99. The number of nitrogens with one attached hydrogen (secondary N) is 1. The summed E-state index contributed by atoms with van der Waals surface area (Å²) in [5.74, 6) is 0.708. The Morgan fingerprint density at radius 1 is 1.29 bits per heavy atom. The quantitative estimate of drug-likeness (QED) is 0.876. The summed E-state index contributed by atoms with van der Waals surface area (Å²) in [6, 6.07) is 8.99. The molecule has 1 fully saturated rings. The summed E-state index contributed by atoms with van der Waals surface area (Å²) < 4.78 is 5.35. The Bertz CT molecular complexity index is 561. The predicted octanol–water partition coefficient (Wildman–Crippen LogP) is 3.13. The van der Waals surface area contributed by atoms with Crippen LogP contribution in [-0.2, 0) is 0 Å². The Hall–Kier alpha value is -1.77. The maximum absolute atomic E-state index is 5.35. The van der Waals surface area contributed by atoms with Crippen LogP contribution >= 0.6 is 0 Å². The molecule has 3 nitrogen and oxygen atoms in total. The van der Waals surface area contributed by atoms with E-state index in [1.165, 1.54) is 23.9 Å². The van der Waals surface area contributed by atoms with Gasteiger partial charge in [0.25, 0.3) is 0 Å². The number of aryl methyl sites for hydroxylation is 1. The zero-order chi connectivity index (χ0) is 11.8. The summed E-state index contributed by atoms with van der Waals surface area (Å²) in [6.07, 6.45) is 2.55. The summed E-state index contributed by atoms with van der Waals surface area (Å²) >= 11 is 0. The number of benzene rings is 1. The second kappa shape index (κ2) is 3.91. The van der Waals surface area contributed by atoms with Gasteiger partial charge in [-0.1, -0.05) is 6.07 Å². The van der Waals surface area contributed by atoms with E-state index in [1.807, 2.05) is 13.0 Å². The van der Waals surface area contributed by atoms with Gasteiger partial charge in [0.1, 0.15) is 0 Å². The van der Waals surface area contributed by atoms with Crippen LogP contribution in [0.25, 0.3) is 10.8 Å². The van der Waals surface area contributed by atoms with Gasteiger partial charge in [-0.15, -0.1) is 0 Å². The van der Waals surface area contributed by atoms with E-state index in [0.29, 0.717) is 11.9 Å². The highest BCUT2D eigenvalue weighted by atomic mass is 16.5. The van der Waals surface area contributed by atoms with Crippen LogP contribution in [0.15, 0.2) is 24.3 Å². The Morgan fingerprint density at radius 2 is 2.12 bits per heavy atom.